The summed E-state index contributed by atoms with van der Waals surface area (Å²) in [5.41, 5.74) is 6.25. The number of hydrogen-bond donors (Lipinski definition) is 1. The largest absolute Gasteiger partial charge is 0.481 e. The first-order valence-electron chi connectivity index (χ1n) is 5.34. The number of ether oxygens (including phenoxy) is 1. The molecule has 0 saturated carbocycles. The summed E-state index contributed by atoms with van der Waals surface area (Å²) in [5.74, 6) is 0.575. The Labute approximate surface area is 117 Å². The van der Waals surface area contributed by atoms with E-state index in [0.29, 0.717) is 10.3 Å². The van der Waals surface area contributed by atoms with E-state index in [4.69, 9.17) is 10.5 Å². The van der Waals surface area contributed by atoms with Gasteiger partial charge >= 0.3 is 5.69 Å². The van der Waals surface area contributed by atoms with Crippen LogP contribution < -0.4 is 10.5 Å². The Hall–Kier alpha value is -2.15. The molecule has 0 radical (unpaired) electrons. The van der Waals surface area contributed by atoms with E-state index in [-0.39, 0.29) is 18.0 Å². The summed E-state index contributed by atoms with van der Waals surface area (Å²) in [4.78, 5) is 14.3. The lowest BCUT2D eigenvalue weighted by Crippen LogP contribution is -2.01. The van der Waals surface area contributed by atoms with Gasteiger partial charge in [-0.05, 0) is 39.7 Å². The number of nitrogens with zero attached hydrogens (tertiary/aromatic N) is 2. The number of nitro benzene ring substituents is 1. The lowest BCUT2D eigenvalue weighted by Gasteiger charge is -2.08. The average molecular weight is 324 g/mol. The van der Waals surface area contributed by atoms with Crippen molar-refractivity contribution in [3.63, 3.8) is 0 Å². The van der Waals surface area contributed by atoms with Crippen molar-refractivity contribution in [1.82, 2.24) is 4.98 Å². The normalized spacial score (nSPS) is 10.2. The zero-order valence-corrected chi connectivity index (χ0v) is 11.3. The van der Waals surface area contributed by atoms with Gasteiger partial charge in [0.15, 0.2) is 0 Å². The van der Waals surface area contributed by atoms with Crippen molar-refractivity contribution in [3.8, 4) is 5.75 Å². The van der Waals surface area contributed by atoms with Crippen LogP contribution in [0.2, 0.25) is 0 Å². The molecule has 0 atom stereocenters. The summed E-state index contributed by atoms with van der Waals surface area (Å²) in [6.45, 7) is 0.177. The quantitative estimate of drug-likeness (QED) is 0.690. The molecule has 2 rings (SSSR count). The van der Waals surface area contributed by atoms with Crippen LogP contribution in [0, 0.1) is 10.1 Å². The van der Waals surface area contributed by atoms with Gasteiger partial charge < -0.3 is 10.5 Å². The topological polar surface area (TPSA) is 91.3 Å². The van der Waals surface area contributed by atoms with Crippen molar-refractivity contribution >= 4 is 27.4 Å². The number of pyridine rings is 1. The zero-order valence-electron chi connectivity index (χ0n) is 9.75. The summed E-state index contributed by atoms with van der Waals surface area (Å²) >= 11 is 3.24. The number of nitro groups is 1. The smallest absolute Gasteiger partial charge is 0.312 e. The standard InChI is InChI=1S/C12H10BrN3O3/c13-9-2-1-3-10(16(17)18)12(9)19-7-8-4-5-15-11(14)6-8/h1-6H,7H2,(H2,14,15). The van der Waals surface area contributed by atoms with Crippen molar-refractivity contribution in [2.75, 3.05) is 5.73 Å². The second-order valence-corrected chi connectivity index (χ2v) is 4.58. The zero-order chi connectivity index (χ0) is 13.8. The minimum atomic E-state index is -0.485. The van der Waals surface area contributed by atoms with Crippen LogP contribution in [0.5, 0.6) is 5.75 Å². The van der Waals surface area contributed by atoms with Gasteiger partial charge in [-0.2, -0.15) is 0 Å². The molecule has 0 aliphatic carbocycles. The maximum absolute atomic E-state index is 10.9. The SMILES string of the molecule is Nc1cc(COc2c(Br)cccc2[N+](=O)[O-])ccn1. The highest BCUT2D eigenvalue weighted by Crippen LogP contribution is 2.35. The van der Waals surface area contributed by atoms with Crippen LogP contribution in [-0.4, -0.2) is 9.91 Å². The molecule has 0 fully saturated rings. The Balaban J connectivity index is 2.22. The van der Waals surface area contributed by atoms with E-state index >= 15 is 0 Å². The Bertz CT molecular complexity index is 619. The van der Waals surface area contributed by atoms with E-state index in [2.05, 4.69) is 20.9 Å². The molecule has 2 aromatic rings. The monoisotopic (exact) mass is 323 g/mol. The predicted octanol–water partition coefficient (Wildman–Crippen LogP) is 2.91. The van der Waals surface area contributed by atoms with Gasteiger partial charge in [-0.1, -0.05) is 6.07 Å². The number of hydrogen-bond acceptors (Lipinski definition) is 5. The Morgan fingerprint density at radius 2 is 2.21 bits per heavy atom. The highest BCUT2D eigenvalue weighted by atomic mass is 79.9. The van der Waals surface area contributed by atoms with Crippen LogP contribution in [0.1, 0.15) is 5.56 Å². The van der Waals surface area contributed by atoms with Crippen LogP contribution in [0.3, 0.4) is 0 Å². The van der Waals surface area contributed by atoms with Crippen LogP contribution in [0.4, 0.5) is 11.5 Å². The molecule has 7 heteroatoms. The molecule has 1 heterocycles. The maximum Gasteiger partial charge on any atom is 0.312 e. The number of aromatic nitrogens is 1. The van der Waals surface area contributed by atoms with Crippen LogP contribution >= 0.6 is 15.9 Å². The summed E-state index contributed by atoms with van der Waals surface area (Å²) in [5, 5.41) is 10.9. The van der Waals surface area contributed by atoms with Gasteiger partial charge in [0, 0.05) is 12.3 Å². The van der Waals surface area contributed by atoms with Crippen molar-refractivity contribution < 1.29 is 9.66 Å². The molecule has 2 N–H and O–H groups in total. The molecule has 0 amide bonds. The number of rotatable bonds is 4. The van der Waals surface area contributed by atoms with E-state index in [1.165, 1.54) is 6.07 Å². The van der Waals surface area contributed by atoms with Crippen LogP contribution in [0.15, 0.2) is 41.0 Å². The summed E-state index contributed by atoms with van der Waals surface area (Å²) < 4.78 is 6.03. The third-order valence-corrected chi connectivity index (χ3v) is 3.00. The molecule has 0 aliphatic heterocycles. The number of halogens is 1. The highest BCUT2D eigenvalue weighted by Gasteiger charge is 2.17. The number of para-hydroxylation sites is 1. The maximum atomic E-state index is 10.9. The van der Waals surface area contributed by atoms with Gasteiger partial charge in [0.2, 0.25) is 5.75 Å². The molecule has 0 spiro atoms. The molecule has 1 aromatic heterocycles. The van der Waals surface area contributed by atoms with Gasteiger partial charge in [-0.25, -0.2) is 4.98 Å². The summed E-state index contributed by atoms with van der Waals surface area (Å²) in [6.07, 6.45) is 1.56. The van der Waals surface area contributed by atoms with Gasteiger partial charge in [0.25, 0.3) is 0 Å². The molecule has 0 bridgehead atoms. The predicted molar refractivity (Wildman–Crippen MR) is 73.8 cm³/mol. The molecule has 19 heavy (non-hydrogen) atoms. The van der Waals surface area contributed by atoms with Crippen molar-refractivity contribution in [1.29, 1.82) is 0 Å². The highest BCUT2D eigenvalue weighted by molar-refractivity contribution is 9.10. The van der Waals surface area contributed by atoms with Crippen LogP contribution in [-0.2, 0) is 6.61 Å². The third-order valence-electron chi connectivity index (χ3n) is 2.37. The molecule has 98 valence electrons. The summed E-state index contributed by atoms with van der Waals surface area (Å²) in [6, 6.07) is 8.05. The lowest BCUT2D eigenvalue weighted by molar-refractivity contribution is -0.386. The minimum Gasteiger partial charge on any atom is -0.481 e. The number of nitrogens with two attached hydrogens (primary N) is 1. The third kappa shape index (κ3) is 3.19. The Morgan fingerprint density at radius 1 is 1.42 bits per heavy atom. The van der Waals surface area contributed by atoms with Gasteiger partial charge in [-0.3, -0.25) is 10.1 Å². The van der Waals surface area contributed by atoms with E-state index in [0.717, 1.165) is 5.56 Å². The number of nitrogen functional groups attached to an aromatic ring is 1. The molecule has 0 saturated heterocycles. The molecule has 0 unspecified atom stereocenters. The fraction of sp³-hybridized carbons (Fsp3) is 0.0833. The minimum absolute atomic E-state index is 0.0867. The molecule has 1 aromatic carbocycles. The molecule has 0 aliphatic rings. The van der Waals surface area contributed by atoms with Gasteiger partial charge in [-0.15, -0.1) is 0 Å². The van der Waals surface area contributed by atoms with Crippen molar-refractivity contribution in [3.05, 3.63) is 56.7 Å². The Kier molecular flexibility index (Phi) is 3.96. The molecule has 6 nitrogen and oxygen atoms in total. The first-order valence-corrected chi connectivity index (χ1v) is 6.13. The average Bonchev–Trinajstić information content (AvgIpc) is 2.37. The van der Waals surface area contributed by atoms with Crippen molar-refractivity contribution in [2.45, 2.75) is 6.61 Å². The van der Waals surface area contributed by atoms with E-state index < -0.39 is 4.92 Å². The second-order valence-electron chi connectivity index (χ2n) is 3.72. The first kappa shape index (κ1) is 13.3. The van der Waals surface area contributed by atoms with Gasteiger partial charge in [0.05, 0.1) is 9.40 Å². The van der Waals surface area contributed by atoms with Crippen molar-refractivity contribution in [2.24, 2.45) is 0 Å². The second kappa shape index (κ2) is 5.66. The van der Waals surface area contributed by atoms with E-state index in [1.54, 1.807) is 30.5 Å². The number of benzene rings is 1. The van der Waals surface area contributed by atoms with Gasteiger partial charge in [0.1, 0.15) is 12.4 Å². The summed E-state index contributed by atoms with van der Waals surface area (Å²) in [7, 11) is 0. The van der Waals surface area contributed by atoms with E-state index in [9.17, 15) is 10.1 Å². The number of anilines is 1. The van der Waals surface area contributed by atoms with E-state index in [1.807, 2.05) is 0 Å². The molecular formula is C12H10BrN3O3. The van der Waals surface area contributed by atoms with Crippen LogP contribution in [0.25, 0.3) is 0 Å². The fourth-order valence-corrected chi connectivity index (χ4v) is 1.99. The lowest BCUT2D eigenvalue weighted by atomic mass is 10.2. The first-order chi connectivity index (χ1) is 9.08. The Morgan fingerprint density at radius 3 is 2.89 bits per heavy atom. The molecular weight excluding hydrogens is 314 g/mol. The fourth-order valence-electron chi connectivity index (χ4n) is 1.52.